The molecular formula is C24H29BrFNO5S. The standard InChI is InChI=1S/C24H29BrFNO5S/c1-3-5-11-24(4-2)15-27(17-9-7-6-8-10-17)20-12-18(25)21(32-14-19(26)23(28)29)13-22(20)33(30,31)16-24/h6-10,12-14,30-31H,3-5,11,15-16H2,1-2H3,(H,28,29)/b19-14-. The Labute approximate surface area is 203 Å². The van der Waals surface area contributed by atoms with Crippen LogP contribution in [0.3, 0.4) is 0 Å². The van der Waals surface area contributed by atoms with Gasteiger partial charge in [0.15, 0.2) is 0 Å². The van der Waals surface area contributed by atoms with Crippen LogP contribution < -0.4 is 9.64 Å². The Morgan fingerprint density at radius 1 is 1.27 bits per heavy atom. The molecule has 9 heteroatoms. The van der Waals surface area contributed by atoms with E-state index in [4.69, 9.17) is 9.84 Å². The van der Waals surface area contributed by atoms with Gasteiger partial charge in [-0.3, -0.25) is 9.11 Å². The van der Waals surface area contributed by atoms with Crippen LogP contribution in [0.25, 0.3) is 0 Å². The van der Waals surface area contributed by atoms with Gasteiger partial charge in [-0.2, -0.15) is 15.0 Å². The molecular weight excluding hydrogens is 513 g/mol. The summed E-state index contributed by atoms with van der Waals surface area (Å²) >= 11 is 3.41. The van der Waals surface area contributed by atoms with Gasteiger partial charge in [0.1, 0.15) is 12.0 Å². The third-order valence-corrected chi connectivity index (χ3v) is 8.70. The van der Waals surface area contributed by atoms with Gasteiger partial charge in [0, 0.05) is 29.5 Å². The number of nitrogens with zero attached hydrogens (tertiary/aromatic N) is 1. The minimum atomic E-state index is -3.24. The van der Waals surface area contributed by atoms with Crippen LogP contribution in [0, 0.1) is 5.41 Å². The average Bonchev–Trinajstić information content (AvgIpc) is 2.88. The van der Waals surface area contributed by atoms with Crippen LogP contribution in [0.4, 0.5) is 15.8 Å². The molecule has 180 valence electrons. The summed E-state index contributed by atoms with van der Waals surface area (Å²) in [5.41, 5.74) is 1.21. The number of benzene rings is 2. The Morgan fingerprint density at radius 3 is 2.58 bits per heavy atom. The molecule has 6 nitrogen and oxygen atoms in total. The van der Waals surface area contributed by atoms with Crippen molar-refractivity contribution in [2.75, 3.05) is 17.2 Å². The summed E-state index contributed by atoms with van der Waals surface area (Å²) in [5, 5.41) is 8.74. The van der Waals surface area contributed by atoms with Gasteiger partial charge in [0.2, 0.25) is 5.83 Å². The number of carbonyl (C=O) groups is 1. The summed E-state index contributed by atoms with van der Waals surface area (Å²) in [6.45, 7) is 4.80. The summed E-state index contributed by atoms with van der Waals surface area (Å²) < 4.78 is 41.9. The number of halogens is 2. The SMILES string of the molecule is CCCCC1(CC)CN(c2ccccc2)c2cc(Br)c(O/C=C(\F)C(=O)O)cc2S(O)(O)C1. The van der Waals surface area contributed by atoms with E-state index in [1.807, 2.05) is 30.3 Å². The van der Waals surface area contributed by atoms with E-state index >= 15 is 0 Å². The van der Waals surface area contributed by atoms with Gasteiger partial charge in [-0.25, -0.2) is 4.79 Å². The van der Waals surface area contributed by atoms with Gasteiger partial charge < -0.3 is 14.7 Å². The first kappa shape index (κ1) is 25.6. The summed E-state index contributed by atoms with van der Waals surface area (Å²) in [6, 6.07) is 12.9. The number of unbranched alkanes of at least 4 members (excludes halogenated alkanes) is 1. The topological polar surface area (TPSA) is 90.2 Å². The lowest BCUT2D eigenvalue weighted by Gasteiger charge is -2.41. The molecule has 1 aliphatic rings. The van der Waals surface area contributed by atoms with Crippen LogP contribution in [0.2, 0.25) is 0 Å². The maximum atomic E-state index is 13.5. The lowest BCUT2D eigenvalue weighted by Crippen LogP contribution is -2.37. The minimum absolute atomic E-state index is 0.0932. The first-order valence-corrected chi connectivity index (χ1v) is 13.3. The largest absolute Gasteiger partial charge is 0.476 e. The molecule has 2 aromatic carbocycles. The highest BCUT2D eigenvalue weighted by molar-refractivity contribution is 9.10. The zero-order valence-corrected chi connectivity index (χ0v) is 21.0. The van der Waals surface area contributed by atoms with Crippen LogP contribution in [-0.4, -0.2) is 32.5 Å². The van der Waals surface area contributed by atoms with Crippen LogP contribution in [-0.2, 0) is 4.79 Å². The summed E-state index contributed by atoms with van der Waals surface area (Å²) in [6.07, 6.45) is 4.09. The number of rotatable bonds is 8. The predicted molar refractivity (Wildman–Crippen MR) is 133 cm³/mol. The monoisotopic (exact) mass is 541 g/mol. The molecule has 1 aliphatic heterocycles. The molecule has 1 heterocycles. The summed E-state index contributed by atoms with van der Waals surface area (Å²) in [7, 11) is -3.24. The van der Waals surface area contributed by atoms with Crippen molar-refractivity contribution in [3.8, 4) is 5.75 Å². The third kappa shape index (κ3) is 5.71. The Hall–Kier alpha value is -2.07. The molecule has 0 fully saturated rings. The molecule has 3 rings (SSSR count). The highest BCUT2D eigenvalue weighted by Crippen LogP contribution is 2.61. The number of hydrogen-bond acceptors (Lipinski definition) is 5. The van der Waals surface area contributed by atoms with E-state index in [1.54, 1.807) is 6.07 Å². The zero-order chi connectivity index (χ0) is 24.2. The van der Waals surface area contributed by atoms with E-state index in [2.05, 4.69) is 34.7 Å². The van der Waals surface area contributed by atoms with Gasteiger partial charge in [-0.15, -0.1) is 0 Å². The molecule has 33 heavy (non-hydrogen) atoms. The number of carboxylic acids is 1. The molecule has 0 bridgehead atoms. The fourth-order valence-corrected chi connectivity index (χ4v) is 6.83. The van der Waals surface area contributed by atoms with E-state index in [0.29, 0.717) is 27.9 Å². The molecule has 0 radical (unpaired) electrons. The van der Waals surface area contributed by atoms with Gasteiger partial charge in [0.05, 0.1) is 15.1 Å². The molecule has 0 amide bonds. The fourth-order valence-electron chi connectivity index (χ4n) is 4.16. The van der Waals surface area contributed by atoms with Crippen LogP contribution in [0.5, 0.6) is 5.75 Å². The molecule has 1 unspecified atom stereocenters. The highest BCUT2D eigenvalue weighted by Gasteiger charge is 2.42. The lowest BCUT2D eigenvalue weighted by atomic mass is 9.81. The second kappa shape index (κ2) is 10.5. The molecule has 3 N–H and O–H groups in total. The van der Waals surface area contributed by atoms with E-state index in [1.165, 1.54) is 6.07 Å². The van der Waals surface area contributed by atoms with Gasteiger partial charge >= 0.3 is 5.97 Å². The Morgan fingerprint density at radius 2 is 1.97 bits per heavy atom. The maximum absolute atomic E-state index is 13.5. The van der Waals surface area contributed by atoms with Crippen molar-refractivity contribution in [2.24, 2.45) is 5.41 Å². The second-order valence-corrected chi connectivity index (χ2v) is 11.2. The van der Waals surface area contributed by atoms with E-state index in [9.17, 15) is 18.3 Å². The van der Waals surface area contributed by atoms with Crippen molar-refractivity contribution >= 4 is 43.9 Å². The number of anilines is 2. The number of carboxylic acid groups (broad SMARTS) is 1. The van der Waals surface area contributed by atoms with Crippen LogP contribution in [0.15, 0.2) is 63.9 Å². The Balaban J connectivity index is 2.17. The molecule has 1 atom stereocenters. The van der Waals surface area contributed by atoms with Crippen molar-refractivity contribution in [1.29, 1.82) is 0 Å². The highest BCUT2D eigenvalue weighted by atomic mass is 79.9. The Bertz CT molecular complexity index is 1030. The van der Waals surface area contributed by atoms with Crippen LogP contribution >= 0.6 is 26.5 Å². The fraction of sp³-hybridized carbons (Fsp3) is 0.375. The van der Waals surface area contributed by atoms with Crippen molar-refractivity contribution < 1.29 is 28.1 Å². The number of fused-ring (bicyclic) bond motifs is 1. The smallest absolute Gasteiger partial charge is 0.368 e. The number of aliphatic carboxylic acids is 1. The summed E-state index contributed by atoms with van der Waals surface area (Å²) in [4.78, 5) is 13.1. The molecule has 0 aromatic heterocycles. The first-order valence-electron chi connectivity index (χ1n) is 10.8. The predicted octanol–water partition coefficient (Wildman–Crippen LogP) is 7.57. The first-order chi connectivity index (χ1) is 15.6. The molecule has 0 saturated heterocycles. The number of hydrogen-bond donors (Lipinski definition) is 3. The van der Waals surface area contributed by atoms with Crippen LogP contribution in [0.1, 0.15) is 39.5 Å². The number of para-hydroxylation sites is 1. The zero-order valence-electron chi connectivity index (χ0n) is 18.6. The van der Waals surface area contributed by atoms with E-state index < -0.39 is 22.4 Å². The minimum Gasteiger partial charge on any atom is -0.476 e. The van der Waals surface area contributed by atoms with E-state index in [0.717, 1.165) is 31.4 Å². The molecule has 0 saturated carbocycles. The normalized spacial score (nSPS) is 21.2. The molecule has 0 spiro atoms. The van der Waals surface area contributed by atoms with Gasteiger partial charge in [0.25, 0.3) is 0 Å². The van der Waals surface area contributed by atoms with Crippen molar-refractivity contribution in [1.82, 2.24) is 0 Å². The van der Waals surface area contributed by atoms with E-state index in [-0.39, 0.29) is 16.9 Å². The Kier molecular flexibility index (Phi) is 8.10. The average molecular weight is 542 g/mol. The quantitative estimate of drug-likeness (QED) is 0.236. The number of ether oxygens (including phenoxy) is 1. The van der Waals surface area contributed by atoms with Gasteiger partial charge in [-0.05, 0) is 47.0 Å². The summed E-state index contributed by atoms with van der Waals surface area (Å²) in [5.74, 6) is -2.91. The van der Waals surface area contributed by atoms with Crippen molar-refractivity contribution in [3.05, 3.63) is 59.0 Å². The van der Waals surface area contributed by atoms with Crippen molar-refractivity contribution in [2.45, 2.75) is 44.4 Å². The lowest BCUT2D eigenvalue weighted by molar-refractivity contribution is -0.134. The third-order valence-electron chi connectivity index (χ3n) is 6.03. The molecule has 0 aliphatic carbocycles. The maximum Gasteiger partial charge on any atom is 0.368 e. The second-order valence-electron chi connectivity index (χ2n) is 8.33. The van der Waals surface area contributed by atoms with Gasteiger partial charge in [-0.1, -0.05) is 44.9 Å². The molecule has 2 aromatic rings. The van der Waals surface area contributed by atoms with Crippen molar-refractivity contribution in [3.63, 3.8) is 0 Å².